The summed E-state index contributed by atoms with van der Waals surface area (Å²) < 4.78 is 113. The van der Waals surface area contributed by atoms with Crippen LogP contribution in [0.25, 0.3) is 0 Å². The fraction of sp³-hybridized carbons (Fsp3) is 0.580. The molecular formula is C100H142F8N16O6S2. The van der Waals surface area contributed by atoms with E-state index in [1.807, 2.05) is 66.5 Å². The molecule has 132 heavy (non-hydrogen) atoms. The summed E-state index contributed by atoms with van der Waals surface area (Å²) in [6, 6.07) is 27.5. The van der Waals surface area contributed by atoms with Gasteiger partial charge < -0.3 is 50.7 Å². The smallest absolute Gasteiger partial charge is 0.360 e. The van der Waals surface area contributed by atoms with Gasteiger partial charge in [-0.25, -0.2) is 41.3 Å². The summed E-state index contributed by atoms with van der Waals surface area (Å²) in [5.74, 6) is 0.448. The van der Waals surface area contributed by atoms with Crippen molar-refractivity contribution in [3.63, 3.8) is 0 Å². The standard InChI is InChI=1S/C26H35FN4O2S.C24H34FN5O.C24H33FN4O2.C23H28F5N3OS.3CH4/c1-17-24(18(2)32)34-26(28-17)30-25(33)29-23-8-4-3-7-21(23)16-31-13-5-6-20(15-31)14-19-9-11-22(27)12-10-19;1-29-14-12-23(28-29)27-24(31)26-22-7-3-2-6-20(22)17-30-13-4-5-19(16-30)15-18-8-10-21(25)11-9-18;1-17-13-23(28-31-17)27-24(30)26-22-7-3-2-6-20(22)16-29-12-4-5-19(15-29)14-18-8-10-21(25)11-9-18;1-22(24,25)18-11-16(12-19(13-18)23(26,27)28)14-30-21(32)20(17-5-10-33-15-17)29-6-9-31-7-3-2-4-8-31;;;/h9-12,20-21,23H,3-8,13-16H2,1-2H3,(H2,28,29,30,33);8-12,14,19-20,22H,2-7,13,15-17H2,1H3,(H2,26,27,28,31);8-11,13,19-20,22H,2-7,12,14-16H2,1H3,(H2,26,27,28,30);5,10-13,15,20,29H,2-4,6-9,14H2,1H3,(H,30,32);3*1H4/t20-,21-,23+;2*19-,20-,22+;20-;;;/m0000.../s1. The van der Waals surface area contributed by atoms with Crippen LogP contribution >= 0.6 is 22.7 Å². The molecule has 0 spiro atoms. The summed E-state index contributed by atoms with van der Waals surface area (Å²) in [4.78, 5) is 77.2. The largest absolute Gasteiger partial charge is 0.416 e. The van der Waals surface area contributed by atoms with E-state index in [0.29, 0.717) is 88.1 Å². The van der Waals surface area contributed by atoms with Crippen LogP contribution < -0.4 is 42.5 Å². The number of halogens is 8. The zero-order valence-electron chi connectivity index (χ0n) is 75.1. The molecule has 15 rings (SSSR count). The number of hydrogen-bond acceptors (Lipinski definition) is 16. The number of carbonyl (C=O) groups is 5. The molecule has 4 aliphatic heterocycles. The number of carbonyl (C=O) groups excluding carboxylic acids is 5. The van der Waals surface area contributed by atoms with Gasteiger partial charge in [-0.3, -0.25) is 30.2 Å². The van der Waals surface area contributed by atoms with Gasteiger partial charge in [-0.1, -0.05) is 120 Å². The van der Waals surface area contributed by atoms with Crippen LogP contribution in [0.3, 0.4) is 0 Å². The zero-order valence-corrected chi connectivity index (χ0v) is 76.8. The average Bonchev–Trinajstić information content (AvgIpc) is 1.03. The number of aromatic nitrogens is 4. The molecule has 0 bridgehead atoms. The van der Waals surface area contributed by atoms with Crippen LogP contribution in [0.15, 0.2) is 131 Å². The molecule has 8 aromatic rings. The number of aryl methyl sites for hydroxylation is 3. The van der Waals surface area contributed by atoms with Crippen molar-refractivity contribution in [2.75, 3.05) is 101 Å². The Kier molecular flexibility index (Phi) is 42.5. The minimum absolute atomic E-state index is 0. The highest BCUT2D eigenvalue weighted by Crippen LogP contribution is 2.38. The lowest BCUT2D eigenvalue weighted by Crippen LogP contribution is -2.49. The minimum atomic E-state index is -4.77. The van der Waals surface area contributed by atoms with Crippen molar-refractivity contribution in [3.05, 3.63) is 199 Å². The monoisotopic (exact) mass is 1880 g/mol. The average molecular weight is 1880 g/mol. The molecule has 4 saturated heterocycles. The lowest BCUT2D eigenvalue weighted by Gasteiger charge is -2.39. The number of nitrogens with zero attached hydrogens (tertiary/aromatic N) is 8. The lowest BCUT2D eigenvalue weighted by molar-refractivity contribution is -0.137. The van der Waals surface area contributed by atoms with Crippen LogP contribution in [-0.4, -0.2) is 173 Å². The maximum Gasteiger partial charge on any atom is 0.416 e. The maximum atomic E-state index is 13.7. The Bertz CT molecular complexity index is 4620. The molecule has 8 heterocycles. The second kappa shape index (κ2) is 52.6. The maximum absolute atomic E-state index is 13.7. The highest BCUT2D eigenvalue weighted by Gasteiger charge is 2.38. The summed E-state index contributed by atoms with van der Waals surface area (Å²) in [6.07, 6.45) is 24.4. The molecule has 7 fully saturated rings. The number of Topliss-reactive ketones (excluding diaryl/α,β-unsaturated/α-hetero) is 1. The molecule has 3 aliphatic carbocycles. The third-order valence-electron chi connectivity index (χ3n) is 26.1. The van der Waals surface area contributed by atoms with Gasteiger partial charge >= 0.3 is 24.3 Å². The number of hydrogen-bond donors (Lipinski definition) is 8. The van der Waals surface area contributed by atoms with Crippen LogP contribution in [0.5, 0.6) is 0 Å². The van der Waals surface area contributed by atoms with Gasteiger partial charge in [0.05, 0.1) is 16.1 Å². The molecule has 32 heteroatoms. The second-order valence-electron chi connectivity index (χ2n) is 36.6. The fourth-order valence-electron chi connectivity index (χ4n) is 19.6. The van der Waals surface area contributed by atoms with Gasteiger partial charge in [-0.15, -0.1) is 0 Å². The van der Waals surface area contributed by atoms with E-state index >= 15 is 0 Å². The van der Waals surface area contributed by atoms with Crippen molar-refractivity contribution in [1.82, 2.24) is 66.1 Å². The Hall–Kier alpha value is -9.18. The van der Waals surface area contributed by atoms with Gasteiger partial charge in [0.1, 0.15) is 29.3 Å². The molecule has 7 aliphatic rings. The van der Waals surface area contributed by atoms with Crippen molar-refractivity contribution in [2.24, 2.45) is 42.6 Å². The van der Waals surface area contributed by atoms with Crippen LogP contribution in [0.2, 0.25) is 0 Å². The van der Waals surface area contributed by atoms with Gasteiger partial charge in [-0.05, 0) is 290 Å². The van der Waals surface area contributed by atoms with Crippen LogP contribution in [0, 0.1) is 66.8 Å². The number of ketones is 1. The van der Waals surface area contributed by atoms with Crippen molar-refractivity contribution < 1.29 is 63.6 Å². The summed E-state index contributed by atoms with van der Waals surface area (Å²) >= 11 is 2.66. The number of rotatable bonds is 28. The third-order valence-corrected chi connectivity index (χ3v) is 28.0. The molecule has 4 aromatic carbocycles. The first-order chi connectivity index (χ1) is 62.0. The normalized spacial score (nSPS) is 21.8. The van der Waals surface area contributed by atoms with E-state index in [0.717, 1.165) is 186 Å². The number of amides is 7. The van der Waals surface area contributed by atoms with E-state index in [1.165, 1.54) is 110 Å². The Balaban J connectivity index is 0.000000197. The first-order valence-electron chi connectivity index (χ1n) is 46.4. The van der Waals surface area contributed by atoms with Gasteiger partial charge in [0.2, 0.25) is 5.91 Å². The molecule has 7 amide bonds. The number of thiophene rings is 1. The van der Waals surface area contributed by atoms with Crippen molar-refractivity contribution in [1.29, 1.82) is 0 Å². The number of anilines is 3. The molecule has 0 unspecified atom stereocenters. The Labute approximate surface area is 783 Å². The topological polar surface area (TPSA) is 251 Å². The van der Waals surface area contributed by atoms with Crippen LogP contribution in [0.1, 0.15) is 237 Å². The van der Waals surface area contributed by atoms with E-state index in [4.69, 9.17) is 4.52 Å². The van der Waals surface area contributed by atoms with Gasteiger partial charge in [0.25, 0.3) is 5.92 Å². The SMILES string of the molecule is C.C.C.CC(=O)c1sc(NC(=O)N[C@@H]2CCCC[C@H]2CN2CCC[C@@H](Cc3ccc(F)cc3)C2)nc1C.CC(F)(F)c1cc(CNC(=O)[C@@H](NCCN2CCCCC2)c2ccsc2)cc(C(F)(F)F)c1.Cc1cc(NC(=O)N[C@@H]2CCCC[C@H]2CN2CCC[C@@H](Cc3ccc(F)cc3)C2)no1.Cn1ccc(NC(=O)N[C@@H]2CCCC[C@H]2CN2CCC[C@@H](Cc3ccc(F)cc3)C2)n1. The summed E-state index contributed by atoms with van der Waals surface area (Å²) in [5, 5.41) is 36.1. The number of urea groups is 3. The molecule has 8 N–H and O–H groups in total. The van der Waals surface area contributed by atoms with Gasteiger partial charge in [0, 0.05) is 122 Å². The quantitative estimate of drug-likeness (QED) is 0.0168. The van der Waals surface area contributed by atoms with E-state index in [2.05, 4.69) is 77.4 Å². The number of alkyl halides is 5. The summed E-state index contributed by atoms with van der Waals surface area (Å²) in [7, 11) is 1.84. The van der Waals surface area contributed by atoms with Crippen molar-refractivity contribution in [3.8, 4) is 0 Å². The molecule has 10 atom stereocenters. The Morgan fingerprint density at radius 1 is 0.515 bits per heavy atom. The number of benzene rings is 4. The van der Waals surface area contributed by atoms with Gasteiger partial charge in [-0.2, -0.15) is 29.6 Å². The molecule has 22 nitrogen and oxygen atoms in total. The second-order valence-corrected chi connectivity index (χ2v) is 38.4. The Morgan fingerprint density at radius 2 is 0.962 bits per heavy atom. The predicted molar refractivity (Wildman–Crippen MR) is 511 cm³/mol. The van der Waals surface area contributed by atoms with E-state index in [1.54, 1.807) is 67.1 Å². The van der Waals surface area contributed by atoms with E-state index < -0.39 is 35.2 Å². The number of thiazole rings is 1. The summed E-state index contributed by atoms with van der Waals surface area (Å²) in [5.41, 5.74) is 3.10. The fourth-order valence-corrected chi connectivity index (χ4v) is 21.2. The number of nitrogens with one attached hydrogen (secondary N) is 8. The molecule has 726 valence electrons. The number of likely N-dealkylation sites (tertiary alicyclic amines) is 4. The first-order valence-corrected chi connectivity index (χ1v) is 48.2. The highest BCUT2D eigenvalue weighted by molar-refractivity contribution is 7.17. The van der Waals surface area contributed by atoms with Gasteiger partial charge in [0.15, 0.2) is 22.6 Å². The molecule has 0 radical (unpaired) electrons. The summed E-state index contributed by atoms with van der Waals surface area (Å²) in [6.45, 7) is 18.4. The van der Waals surface area contributed by atoms with E-state index in [-0.39, 0.29) is 93.8 Å². The van der Waals surface area contributed by atoms with Crippen molar-refractivity contribution in [2.45, 2.75) is 247 Å². The number of piperidine rings is 4. The molecule has 4 aromatic heterocycles. The zero-order chi connectivity index (χ0) is 91.4. The lowest BCUT2D eigenvalue weighted by atomic mass is 9.83. The first kappa shape index (κ1) is 107. The van der Waals surface area contributed by atoms with Crippen LogP contribution in [0.4, 0.5) is 66.3 Å². The Morgan fingerprint density at radius 3 is 1.37 bits per heavy atom. The van der Waals surface area contributed by atoms with Crippen molar-refractivity contribution >= 4 is 69.2 Å². The van der Waals surface area contributed by atoms with Crippen LogP contribution in [-0.2, 0) is 49.7 Å². The van der Waals surface area contributed by atoms with E-state index in [9.17, 15) is 59.1 Å². The predicted octanol–water partition coefficient (Wildman–Crippen LogP) is 21.6. The highest BCUT2D eigenvalue weighted by atomic mass is 32.1. The third kappa shape index (κ3) is 34.6. The molecule has 3 saturated carbocycles. The minimum Gasteiger partial charge on any atom is -0.360 e. The molecular weight excluding hydrogens is 1740 g/mol.